The molecule has 0 unspecified atom stereocenters. The van der Waals surface area contributed by atoms with Gasteiger partial charge in [-0.05, 0) is 269 Å². The zero-order chi connectivity index (χ0) is 98.5. The third kappa shape index (κ3) is 41.6. The van der Waals surface area contributed by atoms with Gasteiger partial charge in [-0.1, -0.05) is 151 Å². The van der Waals surface area contributed by atoms with E-state index in [1.807, 2.05) is 206 Å². The number of aromatic amines is 1. The standard InChI is InChI=1S/C17H19N5.C16H18N2O2.C15H18N2O.C15H18N2.C12H12N2O2.C10H10Br2O2.C10H12O2.C2H3N3.CH3I.CN.B.K.Li.H/c1-16(2,9-18)14-5-13(8-22-12-20-11-21-22)6-15(7-14)17(3,4)10-19;1-15(2,9-17)12-6-11(14(19)20-5)7-13(8-12)16(3,4)10-18;1-14(2,9-16)12-5-11(8-18)6-13(7-12)15(3,4)10-17;1-11-6-12(14(2,3)9-16)8-13(7-11)15(4,5)10-17;1-8(14)10-5-9(3-4-13)6-11(7-10)12(15)16-2;1-14-10(13)9-3-7(5-11)2-8(4-9)6-12;1-7-4-8(2)6-9(5-7)10(11)12-3;1-3-2-5-4-1;2*1-2;;;;/h5-7,11-12H,8H2,1-4H3;6-8H,1-5H3;5-7,18H,8H2,1-4H3;6-8H,1-5H3;5-7H,1,3,14H2,2H3;2-4H,5-6H2,1H3;4-6H,1-3H3;1-2H,(H,3,4,5);1H3;;;;;/q;;;;;;;;;-1;;2*+1;-1. The molecule has 0 atom stereocenters. The van der Waals surface area contributed by atoms with Gasteiger partial charge in [0.05, 0.1) is 168 Å². The summed E-state index contributed by atoms with van der Waals surface area (Å²) in [5.74, 6) is -1.50. The van der Waals surface area contributed by atoms with E-state index in [0.717, 1.165) is 83.0 Å². The van der Waals surface area contributed by atoms with E-state index >= 15 is 0 Å². The summed E-state index contributed by atoms with van der Waals surface area (Å²) in [6, 6.07) is 59.0. The van der Waals surface area contributed by atoms with E-state index in [2.05, 4.69) is 149 Å². The second-order valence-electron chi connectivity index (χ2n) is 32.9. The molecular weight excluding hydrogens is 1910 g/mol. The number of aliphatic hydroxyl groups is 1. The summed E-state index contributed by atoms with van der Waals surface area (Å²) in [7, 11) is 5.38. The maximum atomic E-state index is 11.8. The second kappa shape index (κ2) is 60.2. The summed E-state index contributed by atoms with van der Waals surface area (Å²) in [4.78, 5) is 55.0. The van der Waals surface area contributed by atoms with Crippen LogP contribution in [0, 0.1) is 135 Å². The number of hydrogen-bond donors (Lipinski definition) is 3. The first-order valence-electron chi connectivity index (χ1n) is 39.2. The van der Waals surface area contributed by atoms with Gasteiger partial charge in [-0.2, -0.15) is 57.6 Å². The third-order valence-corrected chi connectivity index (χ3v) is 20.5. The van der Waals surface area contributed by atoms with Gasteiger partial charge >= 0.3 is 94.1 Å². The molecule has 0 saturated heterocycles. The molecule has 0 aliphatic carbocycles. The topological polar surface area (TPSA) is 462 Å². The molecule has 0 bridgehead atoms. The summed E-state index contributed by atoms with van der Waals surface area (Å²) in [5, 5.41) is 110. The van der Waals surface area contributed by atoms with Gasteiger partial charge < -0.3 is 43.0 Å². The van der Waals surface area contributed by atoms with Crippen molar-refractivity contribution in [1.29, 1.82) is 52.6 Å². The molecule has 0 saturated carbocycles. The first kappa shape index (κ1) is 126. The summed E-state index contributed by atoms with van der Waals surface area (Å²) < 4.78 is 20.3. The van der Waals surface area contributed by atoms with Gasteiger partial charge in [0, 0.05) is 24.8 Å². The maximum Gasteiger partial charge on any atom is 1.00 e. The number of rotatable bonds is 19. The Bertz CT molecular complexity index is 5470. The zero-order valence-corrected chi connectivity index (χ0v) is 88.3. The Morgan fingerprint density at radius 3 is 0.977 bits per heavy atom. The Labute approximate surface area is 862 Å². The predicted molar refractivity (Wildman–Crippen MR) is 515 cm³/mol. The number of carbonyl (C=O) groups is 4. The van der Waals surface area contributed by atoms with Crippen LogP contribution in [0.15, 0.2) is 159 Å². The van der Waals surface area contributed by atoms with Crippen molar-refractivity contribution in [3.63, 3.8) is 0 Å². The number of nitrogens with zero attached hydrogens (tertiary/aromatic N) is 15. The van der Waals surface area contributed by atoms with Crippen molar-refractivity contribution in [2.45, 2.75) is 205 Å². The van der Waals surface area contributed by atoms with Crippen LogP contribution in [0.2, 0.25) is 0 Å². The first-order valence-corrected chi connectivity index (χ1v) is 43.6. The van der Waals surface area contributed by atoms with E-state index in [4.69, 9.17) is 27.6 Å². The van der Waals surface area contributed by atoms with Gasteiger partial charge in [0.25, 0.3) is 0 Å². The number of H-pyrrole nitrogens is 1. The normalized spacial score (nSPS) is 10.3. The minimum absolute atomic E-state index is 0. The first-order chi connectivity index (χ1) is 59.9. The molecule has 0 aliphatic heterocycles. The fourth-order valence-electron chi connectivity index (χ4n) is 11.0. The summed E-state index contributed by atoms with van der Waals surface area (Å²) in [6.45, 7) is 44.2. The number of methoxy groups -OCH3 is 4. The van der Waals surface area contributed by atoms with E-state index in [1.165, 1.54) is 47.4 Å². The largest absolute Gasteiger partial charge is 1.00 e. The monoisotopic (exact) mass is 2030 g/mol. The number of aliphatic hydroxyl groups excluding tert-OH is 1. The number of alkyl halides is 3. The summed E-state index contributed by atoms with van der Waals surface area (Å²) >= 11 is 8.87. The van der Waals surface area contributed by atoms with Crippen LogP contribution in [0.25, 0.3) is 5.70 Å². The predicted octanol–water partition coefficient (Wildman–Crippen LogP) is 13.9. The van der Waals surface area contributed by atoms with Crippen molar-refractivity contribution < 1.29 is 115 Å². The number of hydrogen-bond acceptors (Lipinski definition) is 24. The maximum absolute atomic E-state index is 11.8. The molecule has 32 heteroatoms. The van der Waals surface area contributed by atoms with Crippen LogP contribution in [-0.4, -0.2) is 101 Å². The Kier molecular flexibility index (Phi) is 58.1. The molecule has 2 heterocycles. The average molecular weight is 2030 g/mol. The van der Waals surface area contributed by atoms with Crippen molar-refractivity contribution >= 4 is 92.4 Å². The van der Waals surface area contributed by atoms with Gasteiger partial charge in [-0.3, -0.25) is 5.10 Å². The summed E-state index contributed by atoms with van der Waals surface area (Å²) in [5.41, 5.74) is 18.1. The number of esters is 4. The minimum atomic E-state index is -0.746. The Hall–Kier alpha value is -10.9. The molecule has 131 heavy (non-hydrogen) atoms. The van der Waals surface area contributed by atoms with Crippen molar-refractivity contribution in [3.8, 4) is 54.6 Å². The average Bonchev–Trinajstić information content (AvgIpc) is 0.825. The van der Waals surface area contributed by atoms with Crippen LogP contribution in [-0.2, 0) is 92.5 Å². The quantitative estimate of drug-likeness (QED) is 0.0169. The van der Waals surface area contributed by atoms with Crippen molar-refractivity contribution in [1.82, 2.24) is 29.9 Å². The van der Waals surface area contributed by atoms with Gasteiger partial charge in [0.1, 0.15) is 25.3 Å². The fraction of sp³-hybridized carbons (Fsp3) is 0.374. The molecule has 9 aromatic rings. The molecule has 3 radical (unpaired) electrons. The Morgan fingerprint density at radius 2 is 0.718 bits per heavy atom. The molecule has 0 fully saturated rings. The van der Waals surface area contributed by atoms with E-state index in [1.54, 1.807) is 75.1 Å². The van der Waals surface area contributed by atoms with Gasteiger partial charge in [0.15, 0.2) is 0 Å². The number of aryl methyl sites for hydroxylation is 3. The number of benzene rings is 7. The number of ether oxygens (including phenoxy) is 4. The third-order valence-electron chi connectivity index (χ3n) is 19.2. The molecule has 7 aromatic carbocycles. The number of carbonyl (C=O) groups excluding carboxylic acids is 4. The van der Waals surface area contributed by atoms with E-state index < -0.39 is 55.3 Å². The number of nitrogens with one attached hydrogen (secondary N) is 1. The Balaban J connectivity index is -0.000000468. The number of nitriles is 9. The van der Waals surface area contributed by atoms with E-state index in [-0.39, 0.29) is 105 Å². The molecule has 4 N–H and O–H groups in total. The number of halogens is 3. The van der Waals surface area contributed by atoms with Crippen LogP contribution in [0.3, 0.4) is 0 Å². The van der Waals surface area contributed by atoms with Gasteiger partial charge in [0.2, 0.25) is 0 Å². The molecule has 0 amide bonds. The van der Waals surface area contributed by atoms with E-state index in [0.29, 0.717) is 56.7 Å². The van der Waals surface area contributed by atoms with Crippen molar-refractivity contribution in [2.75, 3.05) is 33.4 Å². The van der Waals surface area contributed by atoms with Gasteiger partial charge in [-0.15, -0.1) is 0 Å². The number of nitrogens with two attached hydrogens (primary N) is 1. The molecule has 9 rings (SSSR count). The molecular formula is C99H114BBr2IKLiN17O9. The molecule has 0 aliphatic rings. The van der Waals surface area contributed by atoms with Crippen LogP contribution < -0.4 is 76.0 Å². The SMILES string of the molecule is C=C(N)c1cc(CC#N)cc(C(=O)OC)c1.CC(C)(C#N)c1cc(CO)cc(C(C)(C)C#N)c1.CC(C)(C#N)c1cc(Cn2cncn2)cc(C(C)(C)C#N)c1.CI.COC(=O)c1cc(C(C)(C)C#N)cc(C(C)(C)C#N)c1.COC(=O)c1cc(C)cc(C)c1.COC(=O)c1cc(CBr)cc(CBr)c1.Cc1cc(C(C)(C)C#N)cc(C(C)(C)C#N)c1.[B].[C-]#N.[H-].[K+].[Li+].c1nc[nH]n1. The summed E-state index contributed by atoms with van der Waals surface area (Å²) in [6.07, 6.45) is 6.31. The van der Waals surface area contributed by atoms with Crippen LogP contribution in [0.4, 0.5) is 0 Å². The molecule has 2 aromatic heterocycles. The van der Waals surface area contributed by atoms with Crippen molar-refractivity contribution in [3.05, 3.63) is 283 Å². The molecule has 0 spiro atoms. The minimum Gasteiger partial charge on any atom is -1.00 e. The van der Waals surface area contributed by atoms with Crippen LogP contribution >= 0.6 is 54.5 Å². The number of aromatic nitrogens is 6. The fourth-order valence-corrected chi connectivity index (χ4v) is 11.6. The Morgan fingerprint density at radius 1 is 0.435 bits per heavy atom. The van der Waals surface area contributed by atoms with Gasteiger partial charge in [-0.25, -0.2) is 33.8 Å². The van der Waals surface area contributed by atoms with Crippen molar-refractivity contribution in [2.24, 2.45) is 5.73 Å². The molecule has 675 valence electrons. The smallest absolute Gasteiger partial charge is 1.00 e. The molecule has 26 nitrogen and oxygen atoms in total. The van der Waals surface area contributed by atoms with Crippen LogP contribution in [0.5, 0.6) is 0 Å². The van der Waals surface area contributed by atoms with E-state index in [9.17, 15) is 66.4 Å². The van der Waals surface area contributed by atoms with Crippen LogP contribution in [0.1, 0.15) is 248 Å². The second-order valence-corrected chi connectivity index (χ2v) is 34.1. The zero-order valence-electron chi connectivity index (χ0n) is 80.9.